The van der Waals surface area contributed by atoms with Crippen molar-refractivity contribution in [3.8, 4) is 0 Å². The Bertz CT molecular complexity index is 1050. The Hall–Kier alpha value is -2.14. The summed E-state index contributed by atoms with van der Waals surface area (Å²) in [6.07, 6.45) is 0. The summed E-state index contributed by atoms with van der Waals surface area (Å²) in [4.78, 5) is 52.7. The molecule has 10 nitrogen and oxygen atoms in total. The predicted octanol–water partition coefficient (Wildman–Crippen LogP) is 4.10. The van der Waals surface area contributed by atoms with Crippen molar-refractivity contribution in [1.29, 1.82) is 0 Å². The van der Waals surface area contributed by atoms with Gasteiger partial charge in [0.05, 0.1) is 27.5 Å². The number of hydrogen-bond acceptors (Lipinski definition) is 8. The van der Waals surface area contributed by atoms with E-state index in [1.807, 2.05) is 45.2 Å². The number of benzene rings is 2. The molecular formula is C17H10I2N4O6S. The quantitative estimate of drug-likeness (QED) is 0.210. The van der Waals surface area contributed by atoms with Crippen LogP contribution in [0.5, 0.6) is 0 Å². The number of amidine groups is 1. The van der Waals surface area contributed by atoms with Gasteiger partial charge in [0.25, 0.3) is 23.2 Å². The molecule has 2 aromatic carbocycles. The highest BCUT2D eigenvalue weighted by Gasteiger charge is 2.34. The number of non-ortho nitro benzene ring substituents is 2. The summed E-state index contributed by atoms with van der Waals surface area (Å²) < 4.78 is 0.830. The highest BCUT2D eigenvalue weighted by molar-refractivity contribution is 14.1. The molecule has 0 N–H and O–H groups in total. The van der Waals surface area contributed by atoms with Crippen LogP contribution in [0.25, 0.3) is 0 Å². The van der Waals surface area contributed by atoms with Gasteiger partial charge >= 0.3 is 0 Å². The molecule has 0 radical (unpaired) electrons. The lowest BCUT2D eigenvalue weighted by Crippen LogP contribution is -2.40. The summed E-state index contributed by atoms with van der Waals surface area (Å²) in [6, 6.07) is 7.54. The first-order chi connectivity index (χ1) is 14.2. The number of carbonyl (C=O) groups excluding carboxylic acids is 2. The minimum atomic E-state index is -0.788. The van der Waals surface area contributed by atoms with E-state index in [9.17, 15) is 29.8 Å². The average molecular weight is 652 g/mol. The van der Waals surface area contributed by atoms with E-state index in [0.29, 0.717) is 19.4 Å². The Morgan fingerprint density at radius 3 is 1.77 bits per heavy atom. The summed E-state index contributed by atoms with van der Waals surface area (Å²) >= 11 is 4.90. The molecule has 1 heterocycles. The van der Waals surface area contributed by atoms with Crippen LogP contribution in [0.1, 0.15) is 20.7 Å². The van der Waals surface area contributed by atoms with E-state index in [-0.39, 0.29) is 27.7 Å². The van der Waals surface area contributed by atoms with Crippen LogP contribution in [0.2, 0.25) is 0 Å². The average Bonchev–Trinajstić information content (AvgIpc) is 3.22. The molecule has 2 amide bonds. The summed E-state index contributed by atoms with van der Waals surface area (Å²) in [7, 11) is 0. The molecule has 0 aromatic heterocycles. The summed E-state index contributed by atoms with van der Waals surface area (Å²) in [5, 5.41) is 22.4. The zero-order valence-corrected chi connectivity index (χ0v) is 19.9. The first-order valence-electron chi connectivity index (χ1n) is 8.14. The number of nitro benzene ring substituents is 2. The number of aliphatic imine (C=N–C) groups is 1. The predicted molar refractivity (Wildman–Crippen MR) is 127 cm³/mol. The van der Waals surface area contributed by atoms with Crippen molar-refractivity contribution in [3.63, 3.8) is 0 Å². The van der Waals surface area contributed by atoms with Crippen molar-refractivity contribution in [2.45, 2.75) is 0 Å². The van der Waals surface area contributed by atoms with Crippen LogP contribution < -0.4 is 0 Å². The van der Waals surface area contributed by atoms with Crippen molar-refractivity contribution in [2.75, 3.05) is 12.3 Å². The zero-order chi connectivity index (χ0) is 22.0. The van der Waals surface area contributed by atoms with Gasteiger partial charge in [0.1, 0.15) is 0 Å². The van der Waals surface area contributed by atoms with Crippen molar-refractivity contribution in [1.82, 2.24) is 4.90 Å². The van der Waals surface area contributed by atoms with Crippen LogP contribution in [0.4, 0.5) is 11.4 Å². The maximum Gasteiger partial charge on any atom is 0.270 e. The van der Waals surface area contributed by atoms with Gasteiger partial charge in [0.2, 0.25) is 0 Å². The molecule has 0 unspecified atom stereocenters. The second-order valence-electron chi connectivity index (χ2n) is 5.80. The van der Waals surface area contributed by atoms with Crippen LogP contribution >= 0.6 is 56.9 Å². The molecule has 3 rings (SSSR count). The van der Waals surface area contributed by atoms with E-state index in [1.165, 1.54) is 36.0 Å². The van der Waals surface area contributed by atoms with Gasteiger partial charge in [0.15, 0.2) is 5.17 Å². The van der Waals surface area contributed by atoms with Gasteiger partial charge in [-0.2, -0.15) is 0 Å². The number of carbonyl (C=O) groups is 2. The normalized spacial score (nSPS) is 12.9. The smallest absolute Gasteiger partial charge is 0.268 e. The number of amides is 2. The number of imide groups is 1. The zero-order valence-electron chi connectivity index (χ0n) is 14.8. The Morgan fingerprint density at radius 1 is 0.933 bits per heavy atom. The van der Waals surface area contributed by atoms with Crippen LogP contribution in [-0.4, -0.2) is 44.0 Å². The molecule has 1 aliphatic heterocycles. The summed E-state index contributed by atoms with van der Waals surface area (Å²) in [5.74, 6) is -1.02. The van der Waals surface area contributed by atoms with E-state index in [4.69, 9.17) is 0 Å². The van der Waals surface area contributed by atoms with Gasteiger partial charge in [-0.15, -0.1) is 0 Å². The highest BCUT2D eigenvalue weighted by Crippen LogP contribution is 2.27. The van der Waals surface area contributed by atoms with E-state index in [2.05, 4.69) is 4.99 Å². The van der Waals surface area contributed by atoms with Crippen molar-refractivity contribution in [3.05, 3.63) is 74.9 Å². The molecule has 0 saturated heterocycles. The van der Waals surface area contributed by atoms with Gasteiger partial charge in [0, 0.05) is 37.2 Å². The minimum absolute atomic E-state index is 0.0335. The van der Waals surface area contributed by atoms with Crippen molar-refractivity contribution in [2.24, 2.45) is 4.99 Å². The summed E-state index contributed by atoms with van der Waals surface area (Å²) in [5.41, 5.74) is -0.656. The van der Waals surface area contributed by atoms with Crippen LogP contribution in [0.3, 0.4) is 0 Å². The molecule has 1 aliphatic rings. The Morgan fingerprint density at radius 2 is 1.40 bits per heavy atom. The van der Waals surface area contributed by atoms with Gasteiger partial charge in [-0.1, -0.05) is 11.8 Å². The fraction of sp³-hybridized carbons (Fsp3) is 0.118. The number of nitro groups is 2. The third kappa shape index (κ3) is 4.61. The monoisotopic (exact) mass is 652 g/mol. The Balaban J connectivity index is 2.11. The van der Waals surface area contributed by atoms with E-state index in [1.54, 1.807) is 0 Å². The molecule has 0 bridgehead atoms. The molecule has 13 heteroatoms. The number of thioether (sulfide) groups is 1. The number of halogens is 2. The molecular weight excluding hydrogens is 642 g/mol. The van der Waals surface area contributed by atoms with Gasteiger partial charge < -0.3 is 0 Å². The minimum Gasteiger partial charge on any atom is -0.268 e. The van der Waals surface area contributed by atoms with Crippen LogP contribution in [0, 0.1) is 27.4 Å². The second kappa shape index (κ2) is 9.34. The molecule has 0 fully saturated rings. The third-order valence-corrected chi connectivity index (χ3v) is 6.79. The molecule has 0 saturated carbocycles. The fourth-order valence-corrected chi connectivity index (χ4v) is 4.52. The molecule has 2 aromatic rings. The second-order valence-corrected chi connectivity index (χ2v) is 9.19. The fourth-order valence-electron chi connectivity index (χ4n) is 2.55. The Kier molecular flexibility index (Phi) is 7.02. The van der Waals surface area contributed by atoms with Gasteiger partial charge in [-0.3, -0.25) is 34.8 Å². The molecule has 30 heavy (non-hydrogen) atoms. The first-order valence-corrected chi connectivity index (χ1v) is 11.3. The van der Waals surface area contributed by atoms with Crippen molar-refractivity contribution >= 4 is 85.3 Å². The largest absolute Gasteiger partial charge is 0.270 e. The van der Waals surface area contributed by atoms with Crippen LogP contribution in [0.15, 0.2) is 41.4 Å². The SMILES string of the molecule is O=C(c1cc([N+](=O)[O-])ccc1I)N(C(=O)c1cc([N+](=O)[O-])ccc1I)C1=NCCS1. The maximum absolute atomic E-state index is 13.3. The lowest BCUT2D eigenvalue weighted by molar-refractivity contribution is -0.385. The van der Waals surface area contributed by atoms with Crippen molar-refractivity contribution < 1.29 is 19.4 Å². The molecule has 0 aliphatic carbocycles. The number of nitrogens with zero attached hydrogens (tertiary/aromatic N) is 4. The van der Waals surface area contributed by atoms with Gasteiger partial charge in [-0.25, -0.2) is 4.90 Å². The maximum atomic E-state index is 13.3. The Labute approximate surface area is 200 Å². The van der Waals surface area contributed by atoms with E-state index < -0.39 is 21.7 Å². The van der Waals surface area contributed by atoms with Gasteiger partial charge in [-0.05, 0) is 57.3 Å². The first kappa shape index (κ1) is 22.5. The summed E-state index contributed by atoms with van der Waals surface area (Å²) in [6.45, 7) is 0.398. The third-order valence-electron chi connectivity index (χ3n) is 3.95. The lowest BCUT2D eigenvalue weighted by atomic mass is 10.1. The molecule has 154 valence electrons. The molecule has 0 spiro atoms. The topological polar surface area (TPSA) is 136 Å². The van der Waals surface area contributed by atoms with E-state index in [0.717, 1.165) is 17.0 Å². The molecule has 0 atom stereocenters. The number of rotatable bonds is 4. The number of hydrogen-bond donors (Lipinski definition) is 0. The highest BCUT2D eigenvalue weighted by atomic mass is 127. The standard InChI is InChI=1S/C17H10I2N4O6S/c18-13-3-1-9(22(26)27)7-11(13)15(24)21(17-20-5-6-30-17)16(25)12-8-10(23(28)29)2-4-14(12)19/h1-4,7-8H,5-6H2. The van der Waals surface area contributed by atoms with Crippen LogP contribution in [-0.2, 0) is 0 Å². The lowest BCUT2D eigenvalue weighted by Gasteiger charge is -2.21. The van der Waals surface area contributed by atoms with E-state index >= 15 is 0 Å².